The predicted octanol–water partition coefficient (Wildman–Crippen LogP) is 3.77. The summed E-state index contributed by atoms with van der Waals surface area (Å²) in [5.74, 6) is 0.681. The molecule has 2 bridgehead atoms. The van der Waals surface area contributed by atoms with Crippen LogP contribution >= 0.6 is 11.8 Å². The number of nitrogens with zero attached hydrogens (tertiary/aromatic N) is 1. The molecule has 0 aliphatic carbocycles. The Hall–Kier alpha value is -1.00. The molecule has 1 aromatic heterocycles. The summed E-state index contributed by atoms with van der Waals surface area (Å²) in [6.45, 7) is 1.86. The highest BCUT2D eigenvalue weighted by Crippen LogP contribution is 2.49. The molecule has 4 heteroatoms. The van der Waals surface area contributed by atoms with E-state index < -0.39 is 5.60 Å². The van der Waals surface area contributed by atoms with E-state index in [9.17, 15) is 5.11 Å². The molecule has 0 saturated carbocycles. The van der Waals surface area contributed by atoms with Gasteiger partial charge >= 0.3 is 0 Å². The van der Waals surface area contributed by atoms with Crippen molar-refractivity contribution in [2.75, 3.05) is 0 Å². The minimum absolute atomic E-state index is 0.613. The second kappa shape index (κ2) is 4.50. The molecule has 2 aliphatic heterocycles. The van der Waals surface area contributed by atoms with Gasteiger partial charge in [0.2, 0.25) is 0 Å². The Morgan fingerprint density at radius 1 is 1.30 bits per heavy atom. The SMILES string of the molecule is Cc1nc2cc(C3(O)CC4CCCC(C3)S4)ccc2o1. The fraction of sp³-hybridized carbons (Fsp3) is 0.562. The van der Waals surface area contributed by atoms with Crippen LogP contribution in [0, 0.1) is 6.92 Å². The second-order valence-corrected chi connectivity index (χ2v) is 7.77. The molecule has 2 saturated heterocycles. The van der Waals surface area contributed by atoms with Gasteiger partial charge in [-0.1, -0.05) is 12.5 Å². The van der Waals surface area contributed by atoms with E-state index in [1.165, 1.54) is 19.3 Å². The first kappa shape index (κ1) is 12.7. The molecule has 2 atom stereocenters. The summed E-state index contributed by atoms with van der Waals surface area (Å²) in [7, 11) is 0. The van der Waals surface area contributed by atoms with Crippen molar-refractivity contribution in [3.63, 3.8) is 0 Å². The minimum atomic E-state index is -0.679. The number of aromatic nitrogens is 1. The summed E-state index contributed by atoms with van der Waals surface area (Å²) in [5.41, 5.74) is 2.00. The van der Waals surface area contributed by atoms with Gasteiger partial charge in [0.25, 0.3) is 0 Å². The van der Waals surface area contributed by atoms with E-state index in [0.717, 1.165) is 29.5 Å². The Labute approximate surface area is 122 Å². The number of thioether (sulfide) groups is 1. The lowest BCUT2D eigenvalue weighted by molar-refractivity contribution is 0.00823. The van der Waals surface area contributed by atoms with Gasteiger partial charge in [0.1, 0.15) is 5.52 Å². The van der Waals surface area contributed by atoms with Crippen molar-refractivity contribution < 1.29 is 9.52 Å². The van der Waals surface area contributed by atoms with Crippen LogP contribution < -0.4 is 0 Å². The zero-order chi connectivity index (χ0) is 13.7. The van der Waals surface area contributed by atoms with E-state index in [2.05, 4.69) is 16.7 Å². The van der Waals surface area contributed by atoms with Gasteiger partial charge in [-0.2, -0.15) is 11.8 Å². The van der Waals surface area contributed by atoms with Crippen molar-refractivity contribution in [1.29, 1.82) is 0 Å². The van der Waals surface area contributed by atoms with Crippen LogP contribution in [-0.2, 0) is 5.60 Å². The third-order valence-corrected chi connectivity index (χ3v) is 6.17. The van der Waals surface area contributed by atoms with Crippen LogP contribution in [0.4, 0.5) is 0 Å². The normalized spacial score (nSPS) is 33.5. The van der Waals surface area contributed by atoms with E-state index >= 15 is 0 Å². The molecule has 4 rings (SSSR count). The molecule has 0 spiro atoms. The molecule has 2 aromatic rings. The van der Waals surface area contributed by atoms with E-state index in [0.29, 0.717) is 16.4 Å². The number of fused-ring (bicyclic) bond motifs is 3. The molecule has 3 heterocycles. The number of hydrogen-bond donors (Lipinski definition) is 1. The van der Waals surface area contributed by atoms with Crippen LogP contribution in [0.15, 0.2) is 22.6 Å². The number of benzene rings is 1. The molecule has 3 nitrogen and oxygen atoms in total. The summed E-state index contributed by atoms with van der Waals surface area (Å²) in [4.78, 5) is 4.39. The Morgan fingerprint density at radius 3 is 2.80 bits per heavy atom. The average Bonchev–Trinajstić information content (AvgIpc) is 2.77. The molecule has 106 valence electrons. The fourth-order valence-electron chi connectivity index (χ4n) is 3.69. The maximum absolute atomic E-state index is 11.1. The van der Waals surface area contributed by atoms with Crippen molar-refractivity contribution >= 4 is 22.9 Å². The summed E-state index contributed by atoms with van der Waals surface area (Å²) < 4.78 is 5.52. The zero-order valence-corrected chi connectivity index (χ0v) is 12.4. The van der Waals surface area contributed by atoms with Crippen molar-refractivity contribution in [1.82, 2.24) is 4.98 Å². The van der Waals surface area contributed by atoms with E-state index in [1.54, 1.807) is 0 Å². The predicted molar refractivity (Wildman–Crippen MR) is 80.9 cm³/mol. The minimum Gasteiger partial charge on any atom is -0.441 e. The molecular weight excluding hydrogens is 270 g/mol. The van der Waals surface area contributed by atoms with E-state index in [4.69, 9.17) is 4.42 Å². The Bertz CT molecular complexity index is 639. The maximum atomic E-state index is 11.1. The zero-order valence-electron chi connectivity index (χ0n) is 11.6. The molecule has 1 aromatic carbocycles. The lowest BCUT2D eigenvalue weighted by Crippen LogP contribution is -2.40. The number of aliphatic hydroxyl groups is 1. The maximum Gasteiger partial charge on any atom is 0.192 e. The van der Waals surface area contributed by atoms with Gasteiger partial charge in [-0.25, -0.2) is 4.98 Å². The fourth-order valence-corrected chi connectivity index (χ4v) is 5.58. The molecule has 2 unspecified atom stereocenters. The number of aryl methyl sites for hydroxylation is 1. The van der Waals surface area contributed by atoms with Crippen LogP contribution in [0.5, 0.6) is 0 Å². The van der Waals surface area contributed by atoms with Crippen molar-refractivity contribution in [3.05, 3.63) is 29.7 Å². The van der Waals surface area contributed by atoms with E-state index in [1.807, 2.05) is 25.1 Å². The van der Waals surface area contributed by atoms with Crippen LogP contribution in [0.1, 0.15) is 43.6 Å². The summed E-state index contributed by atoms with van der Waals surface area (Å²) >= 11 is 2.08. The monoisotopic (exact) mass is 289 g/mol. The van der Waals surface area contributed by atoms with Crippen LogP contribution in [-0.4, -0.2) is 20.6 Å². The highest BCUT2D eigenvalue weighted by molar-refractivity contribution is 8.00. The Kier molecular flexibility index (Phi) is 2.86. The quantitative estimate of drug-likeness (QED) is 0.868. The van der Waals surface area contributed by atoms with Gasteiger partial charge in [-0.15, -0.1) is 0 Å². The molecule has 20 heavy (non-hydrogen) atoms. The molecular formula is C16H19NO2S. The van der Waals surface area contributed by atoms with Crippen molar-refractivity contribution in [3.8, 4) is 0 Å². The van der Waals surface area contributed by atoms with Crippen LogP contribution in [0.2, 0.25) is 0 Å². The first-order valence-electron chi connectivity index (χ1n) is 7.38. The van der Waals surface area contributed by atoms with Crippen LogP contribution in [0.3, 0.4) is 0 Å². The molecule has 0 radical (unpaired) electrons. The lowest BCUT2D eigenvalue weighted by atomic mass is 9.80. The first-order chi connectivity index (χ1) is 9.62. The van der Waals surface area contributed by atoms with Gasteiger partial charge in [0.05, 0.1) is 5.60 Å². The van der Waals surface area contributed by atoms with Gasteiger partial charge in [-0.05, 0) is 43.4 Å². The topological polar surface area (TPSA) is 46.3 Å². The molecule has 0 amide bonds. The Morgan fingerprint density at radius 2 is 2.05 bits per heavy atom. The number of hydrogen-bond acceptors (Lipinski definition) is 4. The number of oxazole rings is 1. The van der Waals surface area contributed by atoms with Crippen LogP contribution in [0.25, 0.3) is 11.1 Å². The highest BCUT2D eigenvalue weighted by Gasteiger charge is 2.42. The van der Waals surface area contributed by atoms with Crippen molar-refractivity contribution in [2.24, 2.45) is 0 Å². The Balaban J connectivity index is 1.73. The van der Waals surface area contributed by atoms with Crippen molar-refractivity contribution in [2.45, 2.75) is 55.1 Å². The molecule has 2 aliphatic rings. The van der Waals surface area contributed by atoms with E-state index in [-0.39, 0.29) is 0 Å². The summed E-state index contributed by atoms with van der Waals surface area (Å²) in [6, 6.07) is 5.97. The molecule has 1 N–H and O–H groups in total. The lowest BCUT2D eigenvalue weighted by Gasteiger charge is -2.44. The van der Waals surface area contributed by atoms with Gasteiger partial charge < -0.3 is 9.52 Å². The second-order valence-electron chi connectivity index (χ2n) is 6.17. The molecule has 2 fully saturated rings. The average molecular weight is 289 g/mol. The first-order valence-corrected chi connectivity index (χ1v) is 8.32. The summed E-state index contributed by atoms with van der Waals surface area (Å²) in [6.07, 6.45) is 5.55. The summed E-state index contributed by atoms with van der Waals surface area (Å²) in [5, 5.41) is 12.4. The standard InChI is InChI=1S/C16H19NO2S/c1-10-17-14-7-11(5-6-15(14)19-10)16(18)8-12-3-2-4-13(9-16)20-12/h5-7,12-13,18H,2-4,8-9H2,1H3. The van der Waals surface area contributed by atoms with Gasteiger partial charge in [0.15, 0.2) is 11.5 Å². The third-order valence-electron chi connectivity index (χ3n) is 4.60. The smallest absolute Gasteiger partial charge is 0.192 e. The highest BCUT2D eigenvalue weighted by atomic mass is 32.2. The van der Waals surface area contributed by atoms with Gasteiger partial charge in [-0.3, -0.25) is 0 Å². The number of rotatable bonds is 1. The third kappa shape index (κ3) is 2.06. The largest absolute Gasteiger partial charge is 0.441 e. The van der Waals surface area contributed by atoms with Gasteiger partial charge in [0, 0.05) is 17.4 Å².